The summed E-state index contributed by atoms with van der Waals surface area (Å²) >= 11 is 0. The first-order valence-electron chi connectivity index (χ1n) is 8.40. The van der Waals surface area contributed by atoms with Gasteiger partial charge in [0.1, 0.15) is 23.5 Å². The number of hydrogen-bond donors (Lipinski definition) is 0. The van der Waals surface area contributed by atoms with Crippen LogP contribution in [0.25, 0.3) is 22.2 Å². The van der Waals surface area contributed by atoms with Gasteiger partial charge in [0.05, 0.1) is 19.3 Å². The Balaban J connectivity index is 1.79. The Bertz CT molecular complexity index is 980. The molecule has 4 rings (SSSR count). The molecule has 0 aliphatic carbocycles. The van der Waals surface area contributed by atoms with Crippen LogP contribution in [0.5, 0.6) is 5.75 Å². The highest BCUT2D eigenvalue weighted by Gasteiger charge is 2.38. The molecule has 26 heavy (non-hydrogen) atoms. The lowest BCUT2D eigenvalue weighted by molar-refractivity contribution is 0.138. The van der Waals surface area contributed by atoms with Crippen molar-refractivity contribution in [2.24, 2.45) is 0 Å². The van der Waals surface area contributed by atoms with Gasteiger partial charge in [-0.15, -0.1) is 5.10 Å². The van der Waals surface area contributed by atoms with Crippen LogP contribution in [0.15, 0.2) is 42.5 Å². The van der Waals surface area contributed by atoms with E-state index >= 15 is 0 Å². The van der Waals surface area contributed by atoms with Gasteiger partial charge in [-0.2, -0.15) is 4.68 Å². The Hall–Kier alpha value is -2.93. The Kier molecular flexibility index (Phi) is 3.88. The van der Waals surface area contributed by atoms with Crippen LogP contribution >= 0.6 is 0 Å². The molecule has 1 amide bonds. The number of amides is 1. The average Bonchev–Trinajstić information content (AvgIpc) is 3.23. The Morgan fingerprint density at radius 3 is 2.77 bits per heavy atom. The molecule has 1 aliphatic heterocycles. The highest BCUT2D eigenvalue weighted by molar-refractivity contribution is 5.91. The van der Waals surface area contributed by atoms with Gasteiger partial charge in [-0.25, -0.2) is 4.79 Å². The summed E-state index contributed by atoms with van der Waals surface area (Å²) in [7, 11) is 1.64. The number of carbonyl (C=O) groups is 1. The molecule has 0 saturated carbocycles. The minimum Gasteiger partial charge on any atom is -0.496 e. The number of carbonyl (C=O) groups excluding carboxylic acids is 1. The van der Waals surface area contributed by atoms with Crippen LogP contribution in [0.4, 0.5) is 4.79 Å². The quantitative estimate of drug-likeness (QED) is 0.709. The van der Waals surface area contributed by atoms with Crippen LogP contribution in [0.3, 0.4) is 0 Å². The smallest absolute Gasteiger partial charge is 0.349 e. The van der Waals surface area contributed by atoms with Gasteiger partial charge in [0.15, 0.2) is 0 Å². The summed E-state index contributed by atoms with van der Waals surface area (Å²) in [5.41, 5.74) is 2.82. The van der Waals surface area contributed by atoms with Gasteiger partial charge in [-0.1, -0.05) is 29.5 Å². The number of methoxy groups -OCH3 is 1. The zero-order valence-corrected chi connectivity index (χ0v) is 15.0. The van der Waals surface area contributed by atoms with Crippen LogP contribution in [-0.4, -0.2) is 51.9 Å². The number of para-hydroxylation sites is 1. The van der Waals surface area contributed by atoms with Crippen LogP contribution in [0, 0.1) is 0 Å². The van der Waals surface area contributed by atoms with Gasteiger partial charge in [-0.3, -0.25) is 4.90 Å². The van der Waals surface area contributed by atoms with E-state index in [-0.39, 0.29) is 18.3 Å². The summed E-state index contributed by atoms with van der Waals surface area (Å²) in [5.74, 6) is 0.770. The van der Waals surface area contributed by atoms with Crippen molar-refractivity contribution in [3.8, 4) is 16.9 Å². The average molecular weight is 352 g/mol. The predicted molar refractivity (Wildman–Crippen MR) is 97.0 cm³/mol. The molecular formula is C19H20N4O3. The van der Waals surface area contributed by atoms with Gasteiger partial charge >= 0.3 is 6.03 Å². The number of fused-ring (bicyclic) bond motifs is 1. The van der Waals surface area contributed by atoms with Crippen molar-refractivity contribution >= 4 is 17.1 Å². The number of hydrogen-bond acceptors (Lipinski definition) is 5. The summed E-state index contributed by atoms with van der Waals surface area (Å²) in [6, 6.07) is 13.2. The van der Waals surface area contributed by atoms with Crippen LogP contribution < -0.4 is 4.74 Å². The lowest BCUT2D eigenvalue weighted by atomic mass is 10.0. The van der Waals surface area contributed by atoms with Gasteiger partial charge in [-0.05, 0) is 37.6 Å². The molecule has 2 heterocycles. The summed E-state index contributed by atoms with van der Waals surface area (Å²) in [6.45, 7) is 4.69. The van der Waals surface area contributed by atoms with E-state index in [1.807, 2.05) is 56.3 Å². The molecule has 2 aromatic carbocycles. The largest absolute Gasteiger partial charge is 0.496 e. The SMILES string of the molecule is COc1ccccc1-c1ccc2nnn(C(=O)N3COCC3(C)C)c2c1. The van der Waals surface area contributed by atoms with Crippen molar-refractivity contribution in [2.75, 3.05) is 20.4 Å². The van der Waals surface area contributed by atoms with Gasteiger partial charge < -0.3 is 9.47 Å². The van der Waals surface area contributed by atoms with Crippen molar-refractivity contribution in [1.29, 1.82) is 0 Å². The maximum Gasteiger partial charge on any atom is 0.349 e. The van der Waals surface area contributed by atoms with E-state index in [9.17, 15) is 4.79 Å². The fourth-order valence-corrected chi connectivity index (χ4v) is 3.18. The van der Waals surface area contributed by atoms with Crippen molar-refractivity contribution in [3.05, 3.63) is 42.5 Å². The zero-order valence-electron chi connectivity index (χ0n) is 15.0. The zero-order chi connectivity index (χ0) is 18.3. The molecule has 1 fully saturated rings. The molecule has 7 nitrogen and oxygen atoms in total. The summed E-state index contributed by atoms with van der Waals surface area (Å²) in [5, 5.41) is 8.20. The summed E-state index contributed by atoms with van der Waals surface area (Å²) in [4.78, 5) is 14.7. The van der Waals surface area contributed by atoms with E-state index < -0.39 is 0 Å². The third-order valence-corrected chi connectivity index (χ3v) is 4.68. The molecule has 1 aromatic heterocycles. The lowest BCUT2D eigenvalue weighted by Gasteiger charge is -2.28. The minimum atomic E-state index is -0.379. The van der Waals surface area contributed by atoms with E-state index in [1.165, 1.54) is 4.68 Å². The number of rotatable bonds is 2. The van der Waals surface area contributed by atoms with E-state index in [2.05, 4.69) is 10.3 Å². The molecule has 134 valence electrons. The van der Waals surface area contributed by atoms with Gasteiger partial charge in [0, 0.05) is 5.56 Å². The van der Waals surface area contributed by atoms with Crippen LogP contribution in [-0.2, 0) is 4.74 Å². The van der Waals surface area contributed by atoms with Gasteiger partial charge in [0.2, 0.25) is 0 Å². The molecule has 0 radical (unpaired) electrons. The third-order valence-electron chi connectivity index (χ3n) is 4.68. The van der Waals surface area contributed by atoms with Crippen molar-refractivity contribution in [3.63, 3.8) is 0 Å². The van der Waals surface area contributed by atoms with Crippen molar-refractivity contribution in [2.45, 2.75) is 19.4 Å². The summed E-state index contributed by atoms with van der Waals surface area (Å²) < 4.78 is 12.2. The summed E-state index contributed by atoms with van der Waals surface area (Å²) in [6.07, 6.45) is 0. The molecule has 1 aliphatic rings. The Morgan fingerprint density at radius 2 is 2.04 bits per heavy atom. The van der Waals surface area contributed by atoms with E-state index in [1.54, 1.807) is 12.0 Å². The highest BCUT2D eigenvalue weighted by Crippen LogP contribution is 2.31. The third kappa shape index (κ3) is 2.61. The minimum absolute atomic E-state index is 0.243. The lowest BCUT2D eigenvalue weighted by Crippen LogP contribution is -2.46. The Morgan fingerprint density at radius 1 is 1.23 bits per heavy atom. The normalized spacial score (nSPS) is 16.2. The van der Waals surface area contributed by atoms with Crippen molar-refractivity contribution in [1.82, 2.24) is 19.9 Å². The molecule has 7 heteroatoms. The molecule has 1 saturated heterocycles. The fraction of sp³-hybridized carbons (Fsp3) is 0.316. The topological polar surface area (TPSA) is 69.5 Å². The maximum atomic E-state index is 13.0. The molecule has 0 N–H and O–H groups in total. The van der Waals surface area contributed by atoms with Crippen molar-refractivity contribution < 1.29 is 14.3 Å². The first kappa shape index (κ1) is 16.5. The molecule has 0 atom stereocenters. The van der Waals surface area contributed by atoms with Crippen LogP contribution in [0.2, 0.25) is 0 Å². The monoisotopic (exact) mass is 352 g/mol. The first-order valence-corrected chi connectivity index (χ1v) is 8.40. The molecule has 0 unspecified atom stereocenters. The van der Waals surface area contributed by atoms with Gasteiger partial charge in [0.25, 0.3) is 0 Å². The maximum absolute atomic E-state index is 13.0. The fourth-order valence-electron chi connectivity index (χ4n) is 3.18. The Labute approximate surface area is 151 Å². The number of benzene rings is 2. The molecule has 3 aromatic rings. The van der Waals surface area contributed by atoms with E-state index in [0.29, 0.717) is 17.6 Å². The van der Waals surface area contributed by atoms with Crippen LogP contribution in [0.1, 0.15) is 13.8 Å². The second-order valence-electron chi connectivity index (χ2n) is 6.91. The second kappa shape index (κ2) is 6.10. The number of ether oxygens (including phenoxy) is 2. The molecule has 0 spiro atoms. The molecule has 0 bridgehead atoms. The standard InChI is InChI=1S/C19H20N4O3/c1-19(2)11-26-12-22(19)18(24)23-16-10-13(8-9-15(16)20-21-23)14-6-4-5-7-17(14)25-3/h4-10H,11-12H2,1-3H3. The number of nitrogens with zero attached hydrogens (tertiary/aromatic N) is 4. The second-order valence-corrected chi connectivity index (χ2v) is 6.91. The highest BCUT2D eigenvalue weighted by atomic mass is 16.5. The predicted octanol–water partition coefficient (Wildman–Crippen LogP) is 3.14. The van der Waals surface area contributed by atoms with E-state index in [0.717, 1.165) is 16.9 Å². The van der Waals surface area contributed by atoms with E-state index in [4.69, 9.17) is 9.47 Å². The number of aromatic nitrogens is 3. The first-order chi connectivity index (χ1) is 12.5. The molecular weight excluding hydrogens is 332 g/mol.